The van der Waals surface area contributed by atoms with Gasteiger partial charge < -0.3 is 0 Å². The van der Waals surface area contributed by atoms with E-state index in [0.29, 0.717) is 0 Å². The minimum atomic E-state index is -3.90. The molecule has 1 unspecified atom stereocenters. The van der Waals surface area contributed by atoms with Crippen molar-refractivity contribution < 1.29 is 18.7 Å². The summed E-state index contributed by atoms with van der Waals surface area (Å²) in [5.74, 6) is 0. The smallest absolute Gasteiger partial charge is 0.293 e. The molecule has 0 fully saturated rings. The third-order valence-corrected chi connectivity index (χ3v) is 2.22. The molecule has 0 saturated carbocycles. The van der Waals surface area contributed by atoms with Crippen LogP contribution < -0.4 is 0 Å². The molecule has 1 atom stereocenters. The molecule has 0 aliphatic rings. The molecule has 76 valence electrons. The zero-order valence-corrected chi connectivity index (χ0v) is 9.79. The van der Waals surface area contributed by atoms with E-state index in [0.717, 1.165) is 0 Å². The Labute approximate surface area is 93.4 Å². The summed E-state index contributed by atoms with van der Waals surface area (Å²) in [5.41, 5.74) is 0. The zero-order chi connectivity index (χ0) is 10.6. The second-order valence-electron chi connectivity index (χ2n) is 1.87. The van der Waals surface area contributed by atoms with E-state index in [2.05, 4.69) is 4.52 Å². The van der Waals surface area contributed by atoms with Crippen molar-refractivity contribution >= 4 is 62.2 Å². The first-order valence-electron chi connectivity index (χ1n) is 2.78. The van der Waals surface area contributed by atoms with Crippen molar-refractivity contribution in [2.75, 3.05) is 0 Å². The average molecular weight is 288 g/mol. The summed E-state index contributed by atoms with van der Waals surface area (Å²) in [5, 5.41) is -1.92. The van der Waals surface area contributed by atoms with Crippen molar-refractivity contribution in [1.82, 2.24) is 0 Å². The Morgan fingerprint density at radius 3 is 2.00 bits per heavy atom. The van der Waals surface area contributed by atoms with Crippen molar-refractivity contribution in [2.24, 2.45) is 0 Å². The molecule has 0 aromatic carbocycles. The molecule has 0 aromatic heterocycles. The molecule has 0 aromatic rings. The van der Waals surface area contributed by atoms with Gasteiger partial charge in [-0.3, -0.25) is 18.7 Å². The highest BCUT2D eigenvalue weighted by atomic mass is 35.9. The second kappa shape index (κ2) is 5.54. The van der Waals surface area contributed by atoms with Gasteiger partial charge in [0.2, 0.25) is 5.24 Å². The van der Waals surface area contributed by atoms with E-state index in [1.807, 2.05) is 0 Å². The number of halogens is 4. The normalized spacial score (nSPS) is 13.8. The van der Waals surface area contributed by atoms with Gasteiger partial charge in [-0.1, -0.05) is 0 Å². The summed E-state index contributed by atoms with van der Waals surface area (Å²) in [6, 6.07) is 0. The van der Waals surface area contributed by atoms with Crippen LogP contribution in [0.5, 0.6) is 0 Å². The highest BCUT2D eigenvalue weighted by Crippen LogP contribution is 2.58. The fourth-order valence-electron chi connectivity index (χ4n) is 0.453. The monoisotopic (exact) mass is 286 g/mol. The Morgan fingerprint density at radius 2 is 1.77 bits per heavy atom. The molecular formula is C4H3Cl4O4P. The number of rotatable bonds is 5. The lowest BCUT2D eigenvalue weighted by molar-refractivity contribution is -0.122. The summed E-state index contributed by atoms with van der Waals surface area (Å²) in [6.45, 7) is 0. The molecule has 0 aliphatic carbocycles. The summed E-state index contributed by atoms with van der Waals surface area (Å²) in [4.78, 5) is 20.9. The van der Waals surface area contributed by atoms with Crippen molar-refractivity contribution in [3.05, 3.63) is 0 Å². The van der Waals surface area contributed by atoms with Crippen LogP contribution in [0.1, 0.15) is 6.42 Å². The molecule has 0 N–H and O–H groups in total. The molecule has 9 heteroatoms. The maximum atomic E-state index is 10.7. The number of hydrogen-bond donors (Lipinski definition) is 0. The molecule has 13 heavy (non-hydrogen) atoms. The predicted octanol–water partition coefficient (Wildman–Crippen LogP) is 2.88. The van der Waals surface area contributed by atoms with E-state index in [4.69, 9.17) is 45.7 Å². The topological polar surface area (TPSA) is 60.4 Å². The van der Waals surface area contributed by atoms with E-state index in [-0.39, 0.29) is 0 Å². The first kappa shape index (κ1) is 13.7. The van der Waals surface area contributed by atoms with Crippen molar-refractivity contribution in [3.8, 4) is 0 Å². The summed E-state index contributed by atoms with van der Waals surface area (Å²) in [7, 11) is 0. The lowest BCUT2D eigenvalue weighted by Gasteiger charge is -2.11. The van der Waals surface area contributed by atoms with E-state index in [1.54, 1.807) is 0 Å². The zero-order valence-electron chi connectivity index (χ0n) is 5.88. The Bertz CT molecular complexity index is 261. The molecule has 0 heterocycles. The average Bonchev–Trinajstić information content (AvgIpc) is 1.81. The molecule has 0 radical (unpaired) electrons. The van der Waals surface area contributed by atoms with Crippen LogP contribution in [0.3, 0.4) is 0 Å². The quantitative estimate of drug-likeness (QED) is 0.576. The van der Waals surface area contributed by atoms with E-state index < -0.39 is 29.1 Å². The van der Waals surface area contributed by atoms with Gasteiger partial charge in [-0.05, 0) is 45.7 Å². The molecular weight excluding hydrogens is 285 g/mol. The van der Waals surface area contributed by atoms with Gasteiger partial charge >= 0.3 is 6.07 Å². The van der Waals surface area contributed by atoms with Gasteiger partial charge in [0, 0.05) is 0 Å². The highest BCUT2D eigenvalue weighted by Gasteiger charge is 2.28. The predicted molar refractivity (Wildman–Crippen MR) is 50.5 cm³/mol. The summed E-state index contributed by atoms with van der Waals surface area (Å²) >= 11 is 19.9. The van der Waals surface area contributed by atoms with Gasteiger partial charge in [-0.15, -0.1) is 0 Å². The van der Waals surface area contributed by atoms with Crippen molar-refractivity contribution in [2.45, 2.75) is 12.5 Å². The fraction of sp³-hybridized carbons (Fsp3) is 0.500. The second-order valence-corrected chi connectivity index (χ2v) is 6.90. The van der Waals surface area contributed by atoms with Crippen LogP contribution in [0.4, 0.5) is 0 Å². The number of carbonyl (C=O) groups is 2. The van der Waals surface area contributed by atoms with Crippen molar-refractivity contribution in [1.29, 1.82) is 0 Å². The fourth-order valence-corrected chi connectivity index (χ4v) is 1.82. The molecule has 0 amide bonds. The molecule has 0 rings (SSSR count). The van der Waals surface area contributed by atoms with E-state index >= 15 is 0 Å². The van der Waals surface area contributed by atoms with Gasteiger partial charge in [-0.25, -0.2) is 0 Å². The van der Waals surface area contributed by atoms with Crippen molar-refractivity contribution in [3.63, 3.8) is 0 Å². The van der Waals surface area contributed by atoms with Gasteiger partial charge in [0.1, 0.15) is 6.10 Å². The van der Waals surface area contributed by atoms with Gasteiger partial charge in [0.25, 0.3) is 5.24 Å². The van der Waals surface area contributed by atoms with Crippen LogP contribution in [0, 0.1) is 0 Å². The molecule has 0 aliphatic heterocycles. The highest BCUT2D eigenvalue weighted by molar-refractivity contribution is 8.05. The SMILES string of the molecule is O=C(Cl)CC(OP(=O)(Cl)Cl)C(=O)Cl. The van der Waals surface area contributed by atoms with Gasteiger partial charge in [0.15, 0.2) is 0 Å². The summed E-state index contributed by atoms with van der Waals surface area (Å²) < 4.78 is 15.0. The van der Waals surface area contributed by atoms with Crippen LogP contribution in [0.15, 0.2) is 0 Å². The maximum absolute atomic E-state index is 10.7. The lowest BCUT2D eigenvalue weighted by atomic mass is 10.3. The van der Waals surface area contributed by atoms with E-state index in [9.17, 15) is 14.2 Å². The Morgan fingerprint density at radius 1 is 1.31 bits per heavy atom. The lowest BCUT2D eigenvalue weighted by Crippen LogP contribution is -2.19. The first-order valence-corrected chi connectivity index (χ1v) is 6.97. The van der Waals surface area contributed by atoms with Gasteiger partial charge in [0.05, 0.1) is 6.42 Å². The number of hydrogen-bond acceptors (Lipinski definition) is 4. The molecule has 0 spiro atoms. The summed E-state index contributed by atoms with van der Waals surface area (Å²) in [6.07, 6.45) is -5.92. The van der Waals surface area contributed by atoms with Crippen LogP contribution >= 0.6 is 51.8 Å². The van der Waals surface area contributed by atoms with Crippen LogP contribution in [-0.4, -0.2) is 16.6 Å². The van der Waals surface area contributed by atoms with Crippen LogP contribution in [0.2, 0.25) is 0 Å². The van der Waals surface area contributed by atoms with Crippen LogP contribution in [-0.2, 0) is 18.7 Å². The number of carbonyl (C=O) groups excluding carboxylic acids is 2. The Balaban J connectivity index is 4.36. The third-order valence-electron chi connectivity index (χ3n) is 0.849. The molecule has 0 saturated heterocycles. The third kappa shape index (κ3) is 7.74. The maximum Gasteiger partial charge on any atom is 0.380 e. The standard InChI is InChI=1S/C4H3Cl4O4P/c5-3(9)1-2(4(6)10)12-13(7,8)11/h2H,1H2. The molecule has 0 bridgehead atoms. The Kier molecular flexibility index (Phi) is 5.84. The minimum absolute atomic E-state index is 0.534. The van der Waals surface area contributed by atoms with E-state index in [1.165, 1.54) is 0 Å². The molecule has 4 nitrogen and oxygen atoms in total. The largest absolute Gasteiger partial charge is 0.380 e. The minimum Gasteiger partial charge on any atom is -0.293 e. The Hall–Kier alpha value is 0.690. The van der Waals surface area contributed by atoms with Crippen LogP contribution in [0.25, 0.3) is 0 Å². The van der Waals surface area contributed by atoms with Gasteiger partial charge in [-0.2, -0.15) is 0 Å². The first-order chi connectivity index (χ1) is 5.72.